The van der Waals surface area contributed by atoms with Gasteiger partial charge in [-0.15, -0.1) is 0 Å². The number of carbonyl (C=O) groups is 1. The van der Waals surface area contributed by atoms with Crippen molar-refractivity contribution in [2.75, 3.05) is 23.8 Å². The minimum atomic E-state index is -0.342. The van der Waals surface area contributed by atoms with Crippen molar-refractivity contribution in [3.05, 3.63) is 53.8 Å². The summed E-state index contributed by atoms with van der Waals surface area (Å²) in [5.74, 6) is 0.00832. The van der Waals surface area contributed by atoms with Crippen LogP contribution in [0.3, 0.4) is 0 Å². The first kappa shape index (κ1) is 13.4. The summed E-state index contributed by atoms with van der Waals surface area (Å²) >= 11 is 0. The summed E-state index contributed by atoms with van der Waals surface area (Å²) < 4.78 is 18.8. The molecule has 4 nitrogen and oxygen atoms in total. The molecule has 3 rings (SSSR count). The van der Waals surface area contributed by atoms with Gasteiger partial charge >= 0.3 is 0 Å². The molecule has 0 radical (unpaired) electrons. The maximum atomic E-state index is 13.3. The van der Waals surface area contributed by atoms with Crippen LogP contribution in [0.15, 0.2) is 42.5 Å². The van der Waals surface area contributed by atoms with E-state index in [2.05, 4.69) is 0 Å². The fourth-order valence-corrected chi connectivity index (χ4v) is 2.44. The van der Waals surface area contributed by atoms with Gasteiger partial charge in [0.05, 0.1) is 0 Å². The fraction of sp³-hybridized carbons (Fsp3) is 0.188. The van der Waals surface area contributed by atoms with Crippen molar-refractivity contribution in [2.24, 2.45) is 0 Å². The molecule has 0 unspecified atom stereocenters. The summed E-state index contributed by atoms with van der Waals surface area (Å²) in [6.07, 6.45) is 0.736. The summed E-state index contributed by atoms with van der Waals surface area (Å²) in [6.45, 7) is 0.456. The summed E-state index contributed by atoms with van der Waals surface area (Å²) in [5, 5.41) is 0. The molecule has 0 saturated carbocycles. The van der Waals surface area contributed by atoms with Gasteiger partial charge in [-0.25, -0.2) is 4.39 Å². The third-order valence-corrected chi connectivity index (χ3v) is 3.46. The van der Waals surface area contributed by atoms with Crippen molar-refractivity contribution < 1.29 is 13.9 Å². The van der Waals surface area contributed by atoms with E-state index in [4.69, 9.17) is 10.5 Å². The quantitative estimate of drug-likeness (QED) is 0.881. The number of anilines is 2. The molecular formula is C16H15FN2O2. The number of nitrogen functional groups attached to an aromatic ring is 1. The van der Waals surface area contributed by atoms with E-state index in [9.17, 15) is 9.18 Å². The van der Waals surface area contributed by atoms with Gasteiger partial charge in [-0.1, -0.05) is 12.1 Å². The molecule has 2 aromatic rings. The predicted octanol–water partition coefficient (Wildman–Crippen LogP) is 2.38. The Labute approximate surface area is 121 Å². The molecule has 1 aliphatic rings. The summed E-state index contributed by atoms with van der Waals surface area (Å²) in [4.78, 5) is 13.8. The van der Waals surface area contributed by atoms with Gasteiger partial charge in [-0.3, -0.25) is 4.79 Å². The third kappa shape index (κ3) is 2.81. The molecule has 0 saturated heterocycles. The highest BCUT2D eigenvalue weighted by Gasteiger charge is 2.25. The lowest BCUT2D eigenvalue weighted by Crippen LogP contribution is -2.33. The molecule has 108 valence electrons. The number of hydrogen-bond donors (Lipinski definition) is 1. The van der Waals surface area contributed by atoms with E-state index in [0.717, 1.165) is 12.0 Å². The van der Waals surface area contributed by atoms with Gasteiger partial charge in [-0.05, 0) is 36.2 Å². The van der Waals surface area contributed by atoms with Gasteiger partial charge in [0, 0.05) is 24.0 Å². The first-order chi connectivity index (χ1) is 10.1. The second kappa shape index (κ2) is 5.44. The van der Waals surface area contributed by atoms with E-state index in [1.54, 1.807) is 35.2 Å². The van der Waals surface area contributed by atoms with Gasteiger partial charge in [-0.2, -0.15) is 0 Å². The monoisotopic (exact) mass is 286 g/mol. The molecule has 0 bridgehead atoms. The molecular weight excluding hydrogens is 271 g/mol. The van der Waals surface area contributed by atoms with Crippen LogP contribution in [0.2, 0.25) is 0 Å². The minimum Gasteiger partial charge on any atom is -0.484 e. The average Bonchev–Trinajstić information content (AvgIpc) is 2.88. The minimum absolute atomic E-state index is 0.0978. The normalized spacial score (nSPS) is 13.1. The van der Waals surface area contributed by atoms with Crippen molar-refractivity contribution in [3.63, 3.8) is 0 Å². The van der Waals surface area contributed by atoms with E-state index in [1.807, 2.05) is 0 Å². The molecule has 21 heavy (non-hydrogen) atoms. The first-order valence-electron chi connectivity index (χ1n) is 6.70. The highest BCUT2D eigenvalue weighted by molar-refractivity contribution is 5.96. The molecule has 1 aliphatic heterocycles. The number of ether oxygens (including phenoxy) is 1. The summed E-state index contributed by atoms with van der Waals surface area (Å²) in [6, 6.07) is 11.4. The van der Waals surface area contributed by atoms with Crippen LogP contribution in [0, 0.1) is 5.82 Å². The van der Waals surface area contributed by atoms with Crippen molar-refractivity contribution in [1.29, 1.82) is 0 Å². The number of hydrogen-bond acceptors (Lipinski definition) is 3. The lowest BCUT2D eigenvalue weighted by Gasteiger charge is -2.17. The smallest absolute Gasteiger partial charge is 0.264 e. The molecule has 0 aliphatic carbocycles. The highest BCUT2D eigenvalue weighted by atomic mass is 19.1. The van der Waals surface area contributed by atoms with E-state index < -0.39 is 0 Å². The molecule has 2 N–H and O–H groups in total. The molecule has 0 spiro atoms. The lowest BCUT2D eigenvalue weighted by molar-refractivity contribution is -0.120. The van der Waals surface area contributed by atoms with Crippen LogP contribution in [0.1, 0.15) is 5.56 Å². The number of fused-ring (bicyclic) bond motifs is 1. The zero-order chi connectivity index (χ0) is 14.8. The van der Waals surface area contributed by atoms with Crippen LogP contribution >= 0.6 is 0 Å². The molecule has 0 fully saturated rings. The van der Waals surface area contributed by atoms with Crippen molar-refractivity contribution >= 4 is 17.3 Å². The Morgan fingerprint density at radius 1 is 1.29 bits per heavy atom. The van der Waals surface area contributed by atoms with Crippen LogP contribution < -0.4 is 15.4 Å². The number of nitrogens with zero attached hydrogens (tertiary/aromatic N) is 1. The Kier molecular flexibility index (Phi) is 3.48. The van der Waals surface area contributed by atoms with Crippen LogP contribution in [-0.4, -0.2) is 19.1 Å². The van der Waals surface area contributed by atoms with Gasteiger partial charge in [0.1, 0.15) is 11.6 Å². The maximum Gasteiger partial charge on any atom is 0.264 e. The van der Waals surface area contributed by atoms with Crippen molar-refractivity contribution in [1.82, 2.24) is 0 Å². The van der Waals surface area contributed by atoms with Gasteiger partial charge in [0.25, 0.3) is 5.91 Å². The van der Waals surface area contributed by atoms with E-state index in [1.165, 1.54) is 12.1 Å². The largest absolute Gasteiger partial charge is 0.484 e. The Hall–Kier alpha value is -2.56. The lowest BCUT2D eigenvalue weighted by atomic mass is 10.2. The second-order valence-electron chi connectivity index (χ2n) is 4.93. The molecule has 2 aromatic carbocycles. The Morgan fingerprint density at radius 3 is 2.95 bits per heavy atom. The van der Waals surface area contributed by atoms with Crippen LogP contribution in [0.5, 0.6) is 5.75 Å². The zero-order valence-electron chi connectivity index (χ0n) is 11.4. The van der Waals surface area contributed by atoms with Crippen LogP contribution in [0.4, 0.5) is 15.8 Å². The molecule has 0 atom stereocenters. The number of rotatable bonds is 3. The number of carbonyl (C=O) groups excluding carboxylic acids is 1. The molecule has 1 amide bonds. The fourth-order valence-electron chi connectivity index (χ4n) is 2.44. The number of halogens is 1. The van der Waals surface area contributed by atoms with Crippen LogP contribution in [0.25, 0.3) is 0 Å². The van der Waals surface area contributed by atoms with E-state index >= 15 is 0 Å². The Balaban J connectivity index is 1.69. The first-order valence-corrected chi connectivity index (χ1v) is 6.70. The predicted molar refractivity (Wildman–Crippen MR) is 78.8 cm³/mol. The Bertz CT molecular complexity index is 688. The maximum absolute atomic E-state index is 13.3. The molecule has 5 heteroatoms. The molecule has 1 heterocycles. The zero-order valence-corrected chi connectivity index (χ0v) is 11.4. The highest BCUT2D eigenvalue weighted by Crippen LogP contribution is 2.28. The summed E-state index contributed by atoms with van der Waals surface area (Å²) in [7, 11) is 0. The van der Waals surface area contributed by atoms with Crippen LogP contribution in [-0.2, 0) is 11.2 Å². The topological polar surface area (TPSA) is 55.6 Å². The van der Waals surface area contributed by atoms with Gasteiger partial charge in [0.2, 0.25) is 0 Å². The Morgan fingerprint density at radius 2 is 2.14 bits per heavy atom. The van der Waals surface area contributed by atoms with Crippen molar-refractivity contribution in [2.45, 2.75) is 6.42 Å². The van der Waals surface area contributed by atoms with E-state index in [0.29, 0.717) is 23.7 Å². The van der Waals surface area contributed by atoms with Crippen molar-refractivity contribution in [3.8, 4) is 5.75 Å². The second-order valence-corrected chi connectivity index (χ2v) is 4.93. The molecule has 0 aromatic heterocycles. The van der Waals surface area contributed by atoms with Gasteiger partial charge < -0.3 is 15.4 Å². The SMILES string of the molecule is Nc1cccc(OCC(=O)N2CCc3ccc(F)cc32)c1. The van der Waals surface area contributed by atoms with E-state index in [-0.39, 0.29) is 18.3 Å². The average molecular weight is 286 g/mol. The standard InChI is InChI=1S/C16H15FN2O2/c17-12-5-4-11-6-7-19(15(11)8-12)16(20)10-21-14-3-1-2-13(18)9-14/h1-5,8-9H,6-7,10,18H2. The summed E-state index contributed by atoms with van der Waals surface area (Å²) in [5.41, 5.74) is 7.84. The van der Waals surface area contributed by atoms with Gasteiger partial charge in [0.15, 0.2) is 6.61 Å². The number of amides is 1. The number of nitrogens with two attached hydrogens (primary N) is 1. The third-order valence-electron chi connectivity index (χ3n) is 3.46. The number of benzene rings is 2.